The number of amides is 1. The van der Waals surface area contributed by atoms with Gasteiger partial charge in [0, 0.05) is 6.08 Å². The molecule has 0 fully saturated rings. The fourth-order valence-corrected chi connectivity index (χ4v) is 1.51. The highest BCUT2D eigenvalue weighted by Gasteiger charge is 2.34. The molecule has 1 amide bonds. The third kappa shape index (κ3) is 5.33. The molecule has 1 atom stereocenters. The summed E-state index contributed by atoms with van der Waals surface area (Å²) >= 11 is 0. The van der Waals surface area contributed by atoms with Crippen molar-refractivity contribution in [2.45, 2.75) is 39.2 Å². The Balaban J connectivity index is 4.64. The minimum atomic E-state index is -0.957. The second-order valence-corrected chi connectivity index (χ2v) is 3.95. The molecule has 4 nitrogen and oxygen atoms in total. The minimum Gasteiger partial charge on any atom is -0.467 e. The first-order valence-corrected chi connectivity index (χ1v) is 5.70. The van der Waals surface area contributed by atoms with Gasteiger partial charge in [-0.15, -0.1) is 0 Å². The van der Waals surface area contributed by atoms with Crippen LogP contribution in [-0.4, -0.2) is 24.5 Å². The second-order valence-electron chi connectivity index (χ2n) is 3.95. The van der Waals surface area contributed by atoms with Crippen LogP contribution in [0, 0.1) is 0 Å². The second kappa shape index (κ2) is 7.65. The molecular formula is C13H21NO3. The van der Waals surface area contributed by atoms with Crippen LogP contribution in [0.4, 0.5) is 0 Å². The van der Waals surface area contributed by atoms with Crippen LogP contribution < -0.4 is 5.32 Å². The quantitative estimate of drug-likeness (QED) is 0.438. The number of nitrogens with one attached hydrogen (secondary N) is 1. The molecule has 0 aliphatic carbocycles. The zero-order valence-corrected chi connectivity index (χ0v) is 10.9. The highest BCUT2D eigenvalue weighted by atomic mass is 16.5. The van der Waals surface area contributed by atoms with Crippen LogP contribution in [0.1, 0.15) is 33.6 Å². The van der Waals surface area contributed by atoms with Crippen molar-refractivity contribution in [3.8, 4) is 0 Å². The normalized spacial score (nSPS) is 14.8. The molecule has 1 N–H and O–H groups in total. The average Bonchev–Trinajstić information content (AvgIpc) is 2.28. The zero-order valence-electron chi connectivity index (χ0n) is 10.9. The van der Waals surface area contributed by atoms with Gasteiger partial charge in [-0.3, -0.25) is 4.79 Å². The third-order valence-electron chi connectivity index (χ3n) is 2.34. The molecule has 1 unspecified atom stereocenters. The van der Waals surface area contributed by atoms with Crippen LogP contribution in [0.3, 0.4) is 0 Å². The third-order valence-corrected chi connectivity index (χ3v) is 2.34. The summed E-state index contributed by atoms with van der Waals surface area (Å²) in [5.41, 5.74) is -0.957. The summed E-state index contributed by atoms with van der Waals surface area (Å²) in [7, 11) is 1.32. The van der Waals surface area contributed by atoms with E-state index in [9.17, 15) is 9.59 Å². The summed E-state index contributed by atoms with van der Waals surface area (Å²) in [6.07, 6.45) is 7.90. The van der Waals surface area contributed by atoms with Gasteiger partial charge in [0.05, 0.1) is 7.11 Å². The molecule has 0 saturated carbocycles. The van der Waals surface area contributed by atoms with Crippen molar-refractivity contribution in [3.63, 3.8) is 0 Å². The smallest absolute Gasteiger partial charge is 0.331 e. The Kier molecular flexibility index (Phi) is 6.94. The number of allylic oxidation sites excluding steroid dienone is 3. The van der Waals surface area contributed by atoms with Crippen molar-refractivity contribution < 1.29 is 14.3 Å². The predicted octanol–water partition coefficient (Wildman–Crippen LogP) is 1.97. The van der Waals surface area contributed by atoms with E-state index in [0.29, 0.717) is 6.42 Å². The van der Waals surface area contributed by atoms with E-state index in [1.165, 1.54) is 13.2 Å². The summed E-state index contributed by atoms with van der Waals surface area (Å²) in [4.78, 5) is 23.2. The van der Waals surface area contributed by atoms with Crippen molar-refractivity contribution in [3.05, 3.63) is 24.3 Å². The molecule has 0 aliphatic heterocycles. The van der Waals surface area contributed by atoms with E-state index in [2.05, 4.69) is 5.32 Å². The zero-order chi connectivity index (χ0) is 13.3. The highest BCUT2D eigenvalue weighted by molar-refractivity contribution is 5.93. The van der Waals surface area contributed by atoms with Crippen molar-refractivity contribution in [2.75, 3.05) is 7.11 Å². The van der Waals surface area contributed by atoms with Crippen LogP contribution in [0.5, 0.6) is 0 Å². The molecule has 0 heterocycles. The van der Waals surface area contributed by atoms with Crippen LogP contribution in [0.25, 0.3) is 0 Å². The number of carbonyl (C=O) groups is 2. The molecule has 0 aromatic rings. The van der Waals surface area contributed by atoms with E-state index in [-0.39, 0.29) is 5.91 Å². The first-order chi connectivity index (χ1) is 8.00. The summed E-state index contributed by atoms with van der Waals surface area (Å²) in [6, 6.07) is 0. The summed E-state index contributed by atoms with van der Waals surface area (Å²) in [6.45, 7) is 5.48. The van der Waals surface area contributed by atoms with Crippen LogP contribution >= 0.6 is 0 Å². The molecule has 0 aromatic carbocycles. The number of rotatable bonds is 6. The number of esters is 1. The van der Waals surface area contributed by atoms with Gasteiger partial charge in [0.25, 0.3) is 0 Å². The molecule has 4 heteroatoms. The lowest BCUT2D eigenvalue weighted by atomic mass is 9.96. The van der Waals surface area contributed by atoms with E-state index in [1.807, 2.05) is 19.9 Å². The van der Waals surface area contributed by atoms with Crippen molar-refractivity contribution >= 4 is 11.9 Å². The molecule has 0 bridgehead atoms. The van der Waals surface area contributed by atoms with E-state index in [1.54, 1.807) is 19.1 Å². The van der Waals surface area contributed by atoms with Crippen LogP contribution in [-0.2, 0) is 14.3 Å². The Bertz CT molecular complexity index is 321. The predicted molar refractivity (Wildman–Crippen MR) is 67.4 cm³/mol. The lowest BCUT2D eigenvalue weighted by molar-refractivity contribution is -0.150. The van der Waals surface area contributed by atoms with Crippen molar-refractivity contribution in [1.82, 2.24) is 5.32 Å². The van der Waals surface area contributed by atoms with Gasteiger partial charge >= 0.3 is 5.97 Å². The topological polar surface area (TPSA) is 55.4 Å². The van der Waals surface area contributed by atoms with Gasteiger partial charge < -0.3 is 10.1 Å². The lowest BCUT2D eigenvalue weighted by Gasteiger charge is -2.26. The maximum Gasteiger partial charge on any atom is 0.331 e. The monoisotopic (exact) mass is 239 g/mol. The molecule has 17 heavy (non-hydrogen) atoms. The van der Waals surface area contributed by atoms with Gasteiger partial charge in [-0.2, -0.15) is 0 Å². The Morgan fingerprint density at radius 2 is 2.00 bits per heavy atom. The molecule has 0 aromatic heterocycles. The maximum atomic E-state index is 11.6. The van der Waals surface area contributed by atoms with Crippen LogP contribution in [0.15, 0.2) is 24.3 Å². The Labute approximate surface area is 103 Å². The number of ether oxygens (including phenoxy) is 1. The fraction of sp³-hybridized carbons (Fsp3) is 0.538. The number of methoxy groups -OCH3 is 1. The first-order valence-electron chi connectivity index (χ1n) is 5.70. The van der Waals surface area contributed by atoms with Crippen molar-refractivity contribution in [2.24, 2.45) is 0 Å². The molecule has 0 aliphatic rings. The molecule has 96 valence electrons. The number of hydrogen-bond acceptors (Lipinski definition) is 3. The lowest BCUT2D eigenvalue weighted by Crippen LogP contribution is -2.52. The first kappa shape index (κ1) is 15.4. The summed E-state index contributed by atoms with van der Waals surface area (Å²) in [5, 5.41) is 2.67. The fourth-order valence-electron chi connectivity index (χ4n) is 1.51. The Morgan fingerprint density at radius 3 is 2.47 bits per heavy atom. The van der Waals surface area contributed by atoms with Gasteiger partial charge in [0.2, 0.25) is 5.91 Å². The van der Waals surface area contributed by atoms with Gasteiger partial charge in [0.1, 0.15) is 5.54 Å². The van der Waals surface area contributed by atoms with Gasteiger partial charge in [-0.05, 0) is 20.3 Å². The van der Waals surface area contributed by atoms with E-state index < -0.39 is 11.5 Å². The minimum absolute atomic E-state index is 0.301. The highest BCUT2D eigenvalue weighted by Crippen LogP contribution is 2.14. The molecule has 0 saturated heterocycles. The van der Waals surface area contributed by atoms with E-state index in [4.69, 9.17) is 4.74 Å². The van der Waals surface area contributed by atoms with E-state index >= 15 is 0 Å². The van der Waals surface area contributed by atoms with Gasteiger partial charge in [-0.1, -0.05) is 31.6 Å². The van der Waals surface area contributed by atoms with Gasteiger partial charge in [-0.25, -0.2) is 4.79 Å². The molecular weight excluding hydrogens is 218 g/mol. The van der Waals surface area contributed by atoms with Crippen molar-refractivity contribution in [1.29, 1.82) is 0 Å². The van der Waals surface area contributed by atoms with Crippen LogP contribution in [0.2, 0.25) is 0 Å². The Hall–Kier alpha value is -1.58. The standard InChI is InChI=1S/C13H21NO3/c1-5-7-8-9-11(15)14-13(3,10-6-2)12(16)17-4/h5,7-9H,6,10H2,1-4H3,(H,14,15)/b7-5+,9-8+. The van der Waals surface area contributed by atoms with E-state index in [0.717, 1.165) is 6.42 Å². The summed E-state index contributed by atoms with van der Waals surface area (Å²) in [5.74, 6) is -0.725. The summed E-state index contributed by atoms with van der Waals surface area (Å²) < 4.78 is 4.70. The SMILES string of the molecule is C/C=C/C=C/C(=O)NC(C)(CCC)C(=O)OC. The number of carbonyl (C=O) groups excluding carboxylic acids is 2. The average molecular weight is 239 g/mol. The van der Waals surface area contributed by atoms with Gasteiger partial charge in [0.15, 0.2) is 0 Å². The molecule has 0 spiro atoms. The molecule has 0 rings (SSSR count). The maximum absolute atomic E-state index is 11.6. The largest absolute Gasteiger partial charge is 0.467 e. The number of hydrogen-bond donors (Lipinski definition) is 1. The Morgan fingerprint density at radius 1 is 1.35 bits per heavy atom. The molecule has 0 radical (unpaired) electrons.